The summed E-state index contributed by atoms with van der Waals surface area (Å²) in [6.07, 6.45) is 0.657. The molecule has 1 aromatic rings. The van der Waals surface area contributed by atoms with Crippen LogP contribution in [0.25, 0.3) is 0 Å². The van der Waals surface area contributed by atoms with E-state index in [0.29, 0.717) is 19.7 Å². The Hall–Kier alpha value is -1.70. The zero-order valence-electron chi connectivity index (χ0n) is 14.6. The number of carbonyl (C=O) groups is 1. The number of benzene rings is 1. The molecular formula is C18H25FN2O4. The second-order valence-electron chi connectivity index (χ2n) is 6.33. The van der Waals surface area contributed by atoms with Crippen LogP contribution in [0, 0.1) is 5.82 Å². The first-order chi connectivity index (χ1) is 12.2. The molecule has 138 valence electrons. The van der Waals surface area contributed by atoms with Gasteiger partial charge in [0.25, 0.3) is 5.91 Å². The first kappa shape index (κ1) is 18.1. The highest BCUT2D eigenvalue weighted by atomic mass is 19.1. The first-order valence-electron chi connectivity index (χ1n) is 8.72. The number of ether oxygens (including phenoxy) is 3. The quantitative estimate of drug-likeness (QED) is 0.820. The molecule has 1 aromatic carbocycles. The van der Waals surface area contributed by atoms with Gasteiger partial charge in [0.05, 0.1) is 26.4 Å². The average molecular weight is 352 g/mol. The minimum Gasteiger partial charge on any atom is -0.496 e. The molecule has 0 spiro atoms. The molecular weight excluding hydrogens is 327 g/mol. The van der Waals surface area contributed by atoms with Crippen LogP contribution in [0.15, 0.2) is 18.2 Å². The van der Waals surface area contributed by atoms with Crippen molar-refractivity contribution in [3.8, 4) is 5.75 Å². The molecule has 2 aliphatic heterocycles. The molecule has 25 heavy (non-hydrogen) atoms. The van der Waals surface area contributed by atoms with Crippen LogP contribution in [0.3, 0.4) is 0 Å². The highest BCUT2D eigenvalue weighted by Gasteiger charge is 2.28. The van der Waals surface area contributed by atoms with Crippen molar-refractivity contribution in [1.82, 2.24) is 9.80 Å². The number of amides is 1. The lowest BCUT2D eigenvalue weighted by molar-refractivity contribution is -0.0112. The van der Waals surface area contributed by atoms with Crippen molar-refractivity contribution >= 4 is 5.91 Å². The van der Waals surface area contributed by atoms with Crippen LogP contribution in [0.5, 0.6) is 5.75 Å². The Morgan fingerprint density at radius 1 is 1.28 bits per heavy atom. The van der Waals surface area contributed by atoms with Gasteiger partial charge in [0.1, 0.15) is 17.1 Å². The minimum atomic E-state index is -0.556. The van der Waals surface area contributed by atoms with E-state index in [9.17, 15) is 9.18 Å². The lowest BCUT2D eigenvalue weighted by atomic mass is 10.1. The number of hydrogen-bond acceptors (Lipinski definition) is 5. The highest BCUT2D eigenvalue weighted by molar-refractivity contribution is 5.97. The molecule has 2 fully saturated rings. The Morgan fingerprint density at radius 2 is 2.08 bits per heavy atom. The summed E-state index contributed by atoms with van der Waals surface area (Å²) < 4.78 is 30.7. The van der Waals surface area contributed by atoms with Crippen LogP contribution in [0.2, 0.25) is 0 Å². The summed E-state index contributed by atoms with van der Waals surface area (Å²) in [5.41, 5.74) is -0.00276. The lowest BCUT2D eigenvalue weighted by Crippen LogP contribution is -2.46. The van der Waals surface area contributed by atoms with E-state index in [2.05, 4.69) is 4.90 Å². The van der Waals surface area contributed by atoms with Crippen molar-refractivity contribution in [2.24, 2.45) is 0 Å². The molecule has 2 heterocycles. The van der Waals surface area contributed by atoms with Crippen molar-refractivity contribution in [3.63, 3.8) is 0 Å². The van der Waals surface area contributed by atoms with Crippen LogP contribution < -0.4 is 4.74 Å². The molecule has 6 nitrogen and oxygen atoms in total. The van der Waals surface area contributed by atoms with Gasteiger partial charge in [0.15, 0.2) is 0 Å². The van der Waals surface area contributed by atoms with Gasteiger partial charge in [-0.3, -0.25) is 9.69 Å². The van der Waals surface area contributed by atoms with E-state index in [1.807, 2.05) is 0 Å². The third-order valence-corrected chi connectivity index (χ3v) is 4.61. The molecule has 0 unspecified atom stereocenters. The van der Waals surface area contributed by atoms with Crippen LogP contribution in [0.4, 0.5) is 4.39 Å². The smallest absolute Gasteiger partial charge is 0.260 e. The maximum absolute atomic E-state index is 14.2. The van der Waals surface area contributed by atoms with E-state index in [4.69, 9.17) is 14.2 Å². The normalized spacial score (nSPS) is 22.5. The van der Waals surface area contributed by atoms with Gasteiger partial charge < -0.3 is 19.1 Å². The van der Waals surface area contributed by atoms with Gasteiger partial charge in [0, 0.05) is 39.3 Å². The summed E-state index contributed by atoms with van der Waals surface area (Å²) in [6, 6.07) is 4.43. The molecule has 0 aromatic heterocycles. The molecule has 1 atom stereocenters. The van der Waals surface area contributed by atoms with E-state index < -0.39 is 5.82 Å². The van der Waals surface area contributed by atoms with Crippen LogP contribution in [0.1, 0.15) is 16.8 Å². The molecule has 2 aliphatic rings. The van der Waals surface area contributed by atoms with Gasteiger partial charge in [-0.05, 0) is 18.6 Å². The summed E-state index contributed by atoms with van der Waals surface area (Å²) in [4.78, 5) is 16.9. The van der Waals surface area contributed by atoms with Crippen molar-refractivity contribution in [3.05, 3.63) is 29.6 Å². The predicted molar refractivity (Wildman–Crippen MR) is 90.5 cm³/mol. The number of methoxy groups -OCH3 is 1. The monoisotopic (exact) mass is 352 g/mol. The maximum atomic E-state index is 14.2. The fraction of sp³-hybridized carbons (Fsp3) is 0.611. The number of rotatable bonds is 4. The van der Waals surface area contributed by atoms with Gasteiger partial charge >= 0.3 is 0 Å². The number of morpholine rings is 1. The predicted octanol–water partition coefficient (Wildman–Crippen LogP) is 1.40. The average Bonchev–Trinajstić information content (AvgIpc) is 2.87. The fourth-order valence-electron chi connectivity index (χ4n) is 3.30. The third kappa shape index (κ3) is 4.48. The zero-order chi connectivity index (χ0) is 17.6. The van der Waals surface area contributed by atoms with Gasteiger partial charge in [-0.15, -0.1) is 0 Å². The van der Waals surface area contributed by atoms with E-state index >= 15 is 0 Å². The van der Waals surface area contributed by atoms with Gasteiger partial charge in [-0.2, -0.15) is 0 Å². The van der Waals surface area contributed by atoms with E-state index in [1.165, 1.54) is 19.2 Å². The zero-order valence-corrected chi connectivity index (χ0v) is 14.6. The van der Waals surface area contributed by atoms with Gasteiger partial charge in [0.2, 0.25) is 0 Å². The van der Waals surface area contributed by atoms with Crippen LogP contribution >= 0.6 is 0 Å². The summed E-state index contributed by atoms with van der Waals surface area (Å²) in [6.45, 7) is 5.55. The van der Waals surface area contributed by atoms with E-state index in [-0.39, 0.29) is 23.3 Å². The molecule has 0 radical (unpaired) electrons. The molecule has 0 saturated carbocycles. The summed E-state index contributed by atoms with van der Waals surface area (Å²) >= 11 is 0. The molecule has 7 heteroatoms. The third-order valence-electron chi connectivity index (χ3n) is 4.61. The second kappa shape index (κ2) is 8.60. The summed E-state index contributed by atoms with van der Waals surface area (Å²) in [5.74, 6) is -0.633. The molecule has 1 amide bonds. The van der Waals surface area contributed by atoms with Crippen molar-refractivity contribution < 1.29 is 23.4 Å². The van der Waals surface area contributed by atoms with Crippen molar-refractivity contribution in [1.29, 1.82) is 0 Å². The number of nitrogens with zero attached hydrogens (tertiary/aromatic N) is 2. The van der Waals surface area contributed by atoms with E-state index in [1.54, 1.807) is 11.0 Å². The Bertz CT molecular complexity index is 592. The van der Waals surface area contributed by atoms with Crippen molar-refractivity contribution in [2.45, 2.75) is 12.5 Å². The number of carbonyl (C=O) groups excluding carboxylic acids is 1. The fourth-order valence-corrected chi connectivity index (χ4v) is 3.30. The van der Waals surface area contributed by atoms with Crippen LogP contribution in [-0.2, 0) is 9.47 Å². The maximum Gasteiger partial charge on any atom is 0.260 e. The molecule has 0 N–H and O–H groups in total. The first-order valence-corrected chi connectivity index (χ1v) is 8.72. The Morgan fingerprint density at radius 3 is 2.84 bits per heavy atom. The topological polar surface area (TPSA) is 51.2 Å². The largest absolute Gasteiger partial charge is 0.496 e. The Balaban J connectivity index is 1.71. The highest BCUT2D eigenvalue weighted by Crippen LogP contribution is 2.24. The van der Waals surface area contributed by atoms with E-state index in [0.717, 1.165) is 39.3 Å². The second-order valence-corrected chi connectivity index (χ2v) is 6.33. The Labute approximate surface area is 147 Å². The number of halogens is 1. The van der Waals surface area contributed by atoms with Gasteiger partial charge in [-0.25, -0.2) is 4.39 Å². The minimum absolute atomic E-state index is 0.00276. The summed E-state index contributed by atoms with van der Waals surface area (Å²) in [7, 11) is 1.44. The molecule has 2 saturated heterocycles. The van der Waals surface area contributed by atoms with Gasteiger partial charge in [-0.1, -0.05) is 6.07 Å². The molecule has 3 rings (SSSR count). The molecule has 0 aliphatic carbocycles. The Kier molecular flexibility index (Phi) is 6.23. The van der Waals surface area contributed by atoms with Crippen LogP contribution in [-0.4, -0.2) is 81.5 Å². The molecule has 0 bridgehead atoms. The standard InChI is InChI=1S/C18H25FN2O4/c1-23-16-5-2-4-15(19)17(16)18(22)21-6-3-9-25-14(13-21)12-20-7-10-24-11-8-20/h2,4-5,14H,3,6-13H2,1H3/t14-/m1/s1. The summed E-state index contributed by atoms with van der Waals surface area (Å²) in [5, 5.41) is 0. The SMILES string of the molecule is COc1cccc(F)c1C(=O)N1CCCO[C@H](CN2CCOCC2)C1. The van der Waals surface area contributed by atoms with Crippen molar-refractivity contribution in [2.75, 3.05) is 59.7 Å². The lowest BCUT2D eigenvalue weighted by Gasteiger charge is -2.31. The number of hydrogen-bond donors (Lipinski definition) is 0.